The molecule has 0 aliphatic carbocycles. The van der Waals surface area contributed by atoms with Crippen molar-refractivity contribution in [2.75, 3.05) is 32.6 Å². The fourth-order valence-electron chi connectivity index (χ4n) is 3.66. The van der Waals surface area contributed by atoms with Crippen molar-refractivity contribution in [1.29, 1.82) is 0 Å². The lowest BCUT2D eigenvalue weighted by atomic mass is 9.98. The highest BCUT2D eigenvalue weighted by molar-refractivity contribution is 7.89. The van der Waals surface area contributed by atoms with Crippen molar-refractivity contribution in [3.63, 3.8) is 0 Å². The zero-order valence-corrected chi connectivity index (χ0v) is 18.5. The van der Waals surface area contributed by atoms with E-state index in [0.717, 1.165) is 0 Å². The minimum atomic E-state index is -3.88. The van der Waals surface area contributed by atoms with Gasteiger partial charge >= 0.3 is 0 Å². The summed E-state index contributed by atoms with van der Waals surface area (Å²) in [5.41, 5.74) is 1.13. The van der Waals surface area contributed by atoms with Gasteiger partial charge in [-0.05, 0) is 43.2 Å². The van der Waals surface area contributed by atoms with E-state index in [9.17, 15) is 13.2 Å². The van der Waals surface area contributed by atoms with Crippen LogP contribution in [0.1, 0.15) is 12.8 Å². The Kier molecular flexibility index (Phi) is 6.19. The van der Waals surface area contributed by atoms with E-state index in [0.29, 0.717) is 48.0 Å². The second-order valence-electron chi connectivity index (χ2n) is 7.35. The molecule has 1 aromatic carbocycles. The Hall–Kier alpha value is -3.31. The minimum absolute atomic E-state index is 0.0710. The molecule has 1 aliphatic heterocycles. The smallest absolute Gasteiger partial charge is 0.276 e. The molecule has 1 amide bonds. The monoisotopic (exact) mass is 460 g/mol. The molecule has 3 heterocycles. The van der Waals surface area contributed by atoms with Crippen LogP contribution in [0.25, 0.3) is 11.5 Å². The Balaban J connectivity index is 1.46. The van der Waals surface area contributed by atoms with E-state index < -0.39 is 15.9 Å². The largest absolute Gasteiger partial charge is 0.493 e. The molecule has 0 unspecified atom stereocenters. The third-order valence-corrected chi connectivity index (χ3v) is 7.09. The summed E-state index contributed by atoms with van der Waals surface area (Å²) in [7, 11) is -0.830. The lowest BCUT2D eigenvalue weighted by molar-refractivity contribution is -0.120. The van der Waals surface area contributed by atoms with Gasteiger partial charge in [-0.3, -0.25) is 9.89 Å². The summed E-state index contributed by atoms with van der Waals surface area (Å²) < 4.78 is 43.5. The van der Waals surface area contributed by atoms with Crippen molar-refractivity contribution < 1.29 is 27.1 Å². The Morgan fingerprint density at radius 3 is 2.72 bits per heavy atom. The number of aromatic amines is 1. The van der Waals surface area contributed by atoms with Gasteiger partial charge in [-0.1, -0.05) is 0 Å². The first-order chi connectivity index (χ1) is 15.4. The highest BCUT2D eigenvalue weighted by atomic mass is 32.2. The number of amides is 1. The maximum Gasteiger partial charge on any atom is 0.276 e. The molecule has 1 aliphatic rings. The Labute approximate surface area is 185 Å². The van der Waals surface area contributed by atoms with E-state index in [-0.39, 0.29) is 17.5 Å². The van der Waals surface area contributed by atoms with Gasteiger partial charge in [-0.25, -0.2) is 8.42 Å². The van der Waals surface area contributed by atoms with Crippen molar-refractivity contribution in [2.45, 2.75) is 17.9 Å². The lowest BCUT2D eigenvalue weighted by Crippen LogP contribution is -2.43. The second kappa shape index (κ2) is 9.05. The number of aromatic nitrogens is 2. The number of H-pyrrole nitrogens is 1. The summed E-state index contributed by atoms with van der Waals surface area (Å²) in [4.78, 5) is 12.9. The maximum absolute atomic E-state index is 13.1. The number of benzene rings is 1. The summed E-state index contributed by atoms with van der Waals surface area (Å²) in [6.45, 7) is 0.393. The van der Waals surface area contributed by atoms with Crippen molar-refractivity contribution in [3.8, 4) is 23.0 Å². The van der Waals surface area contributed by atoms with Gasteiger partial charge in [0.1, 0.15) is 5.69 Å². The molecule has 1 atom stereocenters. The molecular formula is C21H24N4O6S. The molecular weight excluding hydrogens is 436 g/mol. The van der Waals surface area contributed by atoms with Crippen molar-refractivity contribution in [2.24, 2.45) is 5.92 Å². The third-order valence-electron chi connectivity index (χ3n) is 5.35. The van der Waals surface area contributed by atoms with Crippen LogP contribution in [0.4, 0.5) is 5.69 Å². The number of sulfonamides is 1. The molecule has 11 heteroatoms. The van der Waals surface area contributed by atoms with Gasteiger partial charge in [0.15, 0.2) is 17.3 Å². The van der Waals surface area contributed by atoms with E-state index in [1.807, 2.05) is 0 Å². The lowest BCUT2D eigenvalue weighted by Gasteiger charge is -2.30. The Morgan fingerprint density at radius 1 is 1.19 bits per heavy atom. The van der Waals surface area contributed by atoms with Gasteiger partial charge in [0, 0.05) is 31.0 Å². The van der Waals surface area contributed by atoms with Gasteiger partial charge < -0.3 is 19.2 Å². The minimum Gasteiger partial charge on any atom is -0.493 e. The van der Waals surface area contributed by atoms with Crippen LogP contribution in [0, 0.1) is 5.92 Å². The molecule has 170 valence electrons. The predicted octanol–water partition coefficient (Wildman–Crippen LogP) is 2.73. The van der Waals surface area contributed by atoms with Crippen LogP contribution < -0.4 is 14.8 Å². The standard InChI is InChI=1S/C21H24N4O6S/c1-29-18-6-5-15(12-19(18)30-2)23-21(26)14-4-3-11-25(13-14)32(27,28)20-8-7-17(31-20)16-9-10-22-24-16/h5-10,12,14H,3-4,11,13H2,1-2H3,(H,22,24)(H,23,26)/t14-/m1/s1. The average molecular weight is 461 g/mol. The number of rotatable bonds is 7. The molecule has 4 rings (SSSR count). The summed E-state index contributed by atoms with van der Waals surface area (Å²) in [6.07, 6.45) is 2.71. The van der Waals surface area contributed by atoms with Gasteiger partial charge in [-0.2, -0.15) is 9.40 Å². The summed E-state index contributed by atoms with van der Waals surface area (Å²) >= 11 is 0. The SMILES string of the molecule is COc1ccc(NC(=O)[C@@H]2CCCN(S(=O)(=O)c3ccc(-c4ccn[nH]4)o3)C2)cc1OC. The molecule has 2 aromatic heterocycles. The molecule has 32 heavy (non-hydrogen) atoms. The van der Waals surface area contributed by atoms with E-state index in [4.69, 9.17) is 13.9 Å². The fraction of sp³-hybridized carbons (Fsp3) is 0.333. The van der Waals surface area contributed by atoms with Gasteiger partial charge in [0.2, 0.25) is 11.0 Å². The molecule has 2 N–H and O–H groups in total. The topological polar surface area (TPSA) is 127 Å². The number of nitrogens with zero attached hydrogens (tertiary/aromatic N) is 2. The molecule has 0 saturated carbocycles. The third kappa shape index (κ3) is 4.34. The normalized spacial score (nSPS) is 17.1. The zero-order chi connectivity index (χ0) is 22.7. The second-order valence-corrected chi connectivity index (χ2v) is 9.22. The van der Waals surface area contributed by atoms with E-state index >= 15 is 0 Å². The number of piperidine rings is 1. The first kappa shape index (κ1) is 21.9. The van der Waals surface area contributed by atoms with Crippen LogP contribution in [0.2, 0.25) is 0 Å². The van der Waals surface area contributed by atoms with Gasteiger partial charge in [-0.15, -0.1) is 0 Å². The summed E-state index contributed by atoms with van der Waals surface area (Å²) in [6, 6.07) is 9.74. The fourth-order valence-corrected chi connectivity index (χ4v) is 5.09. The zero-order valence-electron chi connectivity index (χ0n) is 17.7. The number of furan rings is 1. The number of hydrogen-bond donors (Lipinski definition) is 2. The molecule has 1 fully saturated rings. The molecule has 0 spiro atoms. The van der Waals surface area contributed by atoms with Crippen LogP contribution in [-0.2, 0) is 14.8 Å². The molecule has 10 nitrogen and oxygen atoms in total. The average Bonchev–Trinajstić information content (AvgIpc) is 3.51. The molecule has 3 aromatic rings. The number of hydrogen-bond acceptors (Lipinski definition) is 7. The first-order valence-corrected chi connectivity index (χ1v) is 11.5. The Bertz CT molecular complexity index is 1190. The van der Waals surface area contributed by atoms with Crippen molar-refractivity contribution in [1.82, 2.24) is 14.5 Å². The quantitative estimate of drug-likeness (QED) is 0.555. The van der Waals surface area contributed by atoms with Crippen LogP contribution in [0.5, 0.6) is 11.5 Å². The number of ether oxygens (including phenoxy) is 2. The van der Waals surface area contributed by atoms with Gasteiger partial charge in [0.25, 0.3) is 10.0 Å². The van der Waals surface area contributed by atoms with Crippen LogP contribution >= 0.6 is 0 Å². The van der Waals surface area contributed by atoms with Crippen LogP contribution in [0.15, 0.2) is 52.1 Å². The highest BCUT2D eigenvalue weighted by Gasteiger charge is 2.35. The molecule has 0 radical (unpaired) electrons. The maximum atomic E-state index is 13.1. The van der Waals surface area contributed by atoms with Crippen molar-refractivity contribution >= 4 is 21.6 Å². The number of methoxy groups -OCH3 is 2. The van der Waals surface area contributed by atoms with E-state index in [2.05, 4.69) is 15.5 Å². The molecule has 0 bridgehead atoms. The van der Waals surface area contributed by atoms with E-state index in [1.165, 1.54) is 24.6 Å². The van der Waals surface area contributed by atoms with Gasteiger partial charge in [0.05, 0.1) is 20.1 Å². The summed E-state index contributed by atoms with van der Waals surface area (Å²) in [5.74, 6) is 0.668. The van der Waals surface area contributed by atoms with Crippen LogP contribution in [0.3, 0.4) is 0 Å². The number of nitrogens with one attached hydrogen (secondary N) is 2. The number of carbonyl (C=O) groups excluding carboxylic acids is 1. The predicted molar refractivity (Wildman–Crippen MR) is 116 cm³/mol. The molecule has 1 saturated heterocycles. The Morgan fingerprint density at radius 2 is 2.00 bits per heavy atom. The van der Waals surface area contributed by atoms with Crippen LogP contribution in [-0.4, -0.2) is 56.1 Å². The number of anilines is 1. The van der Waals surface area contributed by atoms with E-state index in [1.54, 1.807) is 36.5 Å². The van der Waals surface area contributed by atoms with Crippen molar-refractivity contribution in [3.05, 3.63) is 42.6 Å². The highest BCUT2D eigenvalue weighted by Crippen LogP contribution is 2.31. The first-order valence-electron chi connectivity index (χ1n) is 10.0. The number of carbonyl (C=O) groups is 1. The summed E-state index contributed by atoms with van der Waals surface area (Å²) in [5, 5.41) is 9.25.